The van der Waals surface area contributed by atoms with Crippen LogP contribution in [-0.2, 0) is 14.3 Å². The summed E-state index contributed by atoms with van der Waals surface area (Å²) in [6.07, 6.45) is 0.219. The highest BCUT2D eigenvalue weighted by atomic mass is 16.5. The van der Waals surface area contributed by atoms with Gasteiger partial charge in [-0.25, -0.2) is 0 Å². The summed E-state index contributed by atoms with van der Waals surface area (Å²) in [5.74, 6) is 1.21. The van der Waals surface area contributed by atoms with Gasteiger partial charge in [-0.2, -0.15) is 0 Å². The summed E-state index contributed by atoms with van der Waals surface area (Å²) in [5, 5.41) is 5.20. The fraction of sp³-hybridized carbons (Fsp3) is 0.385. The molecule has 0 aliphatic carbocycles. The number of nitrogens with one attached hydrogen (secondary N) is 1. The molecule has 3 heterocycles. The van der Waals surface area contributed by atoms with Gasteiger partial charge in [-0.1, -0.05) is 36.4 Å². The van der Waals surface area contributed by atoms with Crippen LogP contribution >= 0.6 is 0 Å². The number of carbonyl (C=O) groups excluding carboxylic acids is 2. The molecule has 1 N–H and O–H groups in total. The highest BCUT2D eigenvalue weighted by Crippen LogP contribution is 2.32. The SMILES string of the molecule is Cc1ccc(C(CNC(=O)C2CC(=O)N(c3cccc4ccccc34)C2)N2CCOCC2)o1. The van der Waals surface area contributed by atoms with E-state index in [-0.39, 0.29) is 30.2 Å². The number of hydrogen-bond acceptors (Lipinski definition) is 5. The van der Waals surface area contributed by atoms with Crippen molar-refractivity contribution in [1.29, 1.82) is 0 Å². The van der Waals surface area contributed by atoms with Gasteiger partial charge in [0.05, 0.1) is 30.9 Å². The van der Waals surface area contributed by atoms with Crippen molar-refractivity contribution in [1.82, 2.24) is 10.2 Å². The molecule has 0 spiro atoms. The van der Waals surface area contributed by atoms with E-state index in [0.717, 1.165) is 41.1 Å². The number of rotatable bonds is 6. The zero-order valence-corrected chi connectivity index (χ0v) is 18.8. The van der Waals surface area contributed by atoms with Crippen molar-refractivity contribution < 1.29 is 18.7 Å². The average Bonchev–Trinajstić information content (AvgIpc) is 3.45. The molecule has 0 radical (unpaired) electrons. The molecule has 2 unspecified atom stereocenters. The van der Waals surface area contributed by atoms with Crippen LogP contribution in [0.4, 0.5) is 5.69 Å². The van der Waals surface area contributed by atoms with Crippen LogP contribution in [0.1, 0.15) is 24.0 Å². The Kier molecular flexibility index (Phi) is 6.15. The number of aryl methyl sites for hydroxylation is 1. The molecule has 33 heavy (non-hydrogen) atoms. The summed E-state index contributed by atoms with van der Waals surface area (Å²) in [6.45, 7) is 5.66. The van der Waals surface area contributed by atoms with Gasteiger partial charge in [-0.15, -0.1) is 0 Å². The molecule has 0 bridgehead atoms. The largest absolute Gasteiger partial charge is 0.465 e. The second-order valence-electron chi connectivity index (χ2n) is 8.76. The standard InChI is InChI=1S/C26H29N3O4/c1-18-9-10-24(33-18)23(28-11-13-32-14-12-28)16-27-26(31)20-15-25(30)29(17-20)22-8-4-6-19-5-2-3-7-21(19)22/h2-10,20,23H,11-17H2,1H3,(H,27,31). The average molecular weight is 448 g/mol. The monoisotopic (exact) mass is 447 g/mol. The second-order valence-corrected chi connectivity index (χ2v) is 8.76. The molecule has 172 valence electrons. The van der Waals surface area contributed by atoms with Crippen molar-refractivity contribution >= 4 is 28.3 Å². The Morgan fingerprint density at radius 3 is 2.67 bits per heavy atom. The lowest BCUT2D eigenvalue weighted by molar-refractivity contribution is -0.126. The van der Waals surface area contributed by atoms with E-state index in [4.69, 9.17) is 9.15 Å². The van der Waals surface area contributed by atoms with Crippen LogP contribution in [0.2, 0.25) is 0 Å². The lowest BCUT2D eigenvalue weighted by Crippen LogP contribution is -2.44. The van der Waals surface area contributed by atoms with E-state index >= 15 is 0 Å². The van der Waals surface area contributed by atoms with Crippen molar-refractivity contribution in [3.8, 4) is 0 Å². The zero-order valence-electron chi connectivity index (χ0n) is 18.8. The Labute approximate surface area is 193 Å². The Morgan fingerprint density at radius 1 is 1.09 bits per heavy atom. The van der Waals surface area contributed by atoms with E-state index in [1.165, 1.54) is 0 Å². The van der Waals surface area contributed by atoms with Crippen molar-refractivity contribution in [2.45, 2.75) is 19.4 Å². The number of morpholine rings is 1. The van der Waals surface area contributed by atoms with Gasteiger partial charge in [0.25, 0.3) is 0 Å². The Balaban J connectivity index is 1.28. The fourth-order valence-corrected chi connectivity index (χ4v) is 4.83. The van der Waals surface area contributed by atoms with Gasteiger partial charge in [-0.05, 0) is 30.5 Å². The van der Waals surface area contributed by atoms with E-state index in [1.807, 2.05) is 61.5 Å². The number of hydrogen-bond donors (Lipinski definition) is 1. The molecule has 2 fully saturated rings. The van der Waals surface area contributed by atoms with Crippen molar-refractivity contribution in [2.75, 3.05) is 44.3 Å². The number of anilines is 1. The predicted octanol–water partition coefficient (Wildman–Crippen LogP) is 3.28. The summed E-state index contributed by atoms with van der Waals surface area (Å²) < 4.78 is 11.4. The van der Waals surface area contributed by atoms with Crippen molar-refractivity contribution in [3.05, 3.63) is 66.1 Å². The molecular weight excluding hydrogens is 418 g/mol. The molecule has 7 heteroatoms. The van der Waals surface area contributed by atoms with Gasteiger partial charge in [0.15, 0.2) is 0 Å². The van der Waals surface area contributed by atoms with E-state index in [1.54, 1.807) is 4.90 Å². The number of benzene rings is 2. The highest BCUT2D eigenvalue weighted by Gasteiger charge is 2.36. The molecule has 2 saturated heterocycles. The first-order valence-electron chi connectivity index (χ1n) is 11.5. The van der Waals surface area contributed by atoms with Crippen LogP contribution < -0.4 is 10.2 Å². The third kappa shape index (κ3) is 4.51. The molecule has 2 amide bonds. The van der Waals surface area contributed by atoms with Crippen LogP contribution in [0.5, 0.6) is 0 Å². The van der Waals surface area contributed by atoms with Crippen LogP contribution in [0.15, 0.2) is 59.0 Å². The normalized spacial score (nSPS) is 20.3. The number of furan rings is 1. The quantitative estimate of drug-likeness (QED) is 0.628. The number of ether oxygens (including phenoxy) is 1. The van der Waals surface area contributed by atoms with Gasteiger partial charge in [0.1, 0.15) is 11.5 Å². The number of carbonyl (C=O) groups is 2. The number of nitrogens with zero attached hydrogens (tertiary/aromatic N) is 2. The van der Waals surface area contributed by atoms with E-state index in [9.17, 15) is 9.59 Å². The summed E-state index contributed by atoms with van der Waals surface area (Å²) in [4.78, 5) is 30.0. The first-order valence-corrected chi connectivity index (χ1v) is 11.5. The van der Waals surface area contributed by atoms with Crippen LogP contribution in [0.3, 0.4) is 0 Å². The molecule has 2 aromatic carbocycles. The minimum absolute atomic E-state index is 0.0158. The molecule has 0 saturated carbocycles. The Bertz CT molecular complexity index is 1150. The summed E-state index contributed by atoms with van der Waals surface area (Å²) >= 11 is 0. The van der Waals surface area contributed by atoms with Gasteiger partial charge in [-0.3, -0.25) is 14.5 Å². The molecule has 5 rings (SSSR count). The molecular formula is C26H29N3O4. The lowest BCUT2D eigenvalue weighted by atomic mass is 10.1. The van der Waals surface area contributed by atoms with Gasteiger partial charge in [0, 0.05) is 38.0 Å². The summed E-state index contributed by atoms with van der Waals surface area (Å²) in [7, 11) is 0. The molecule has 2 aliphatic heterocycles. The predicted molar refractivity (Wildman–Crippen MR) is 126 cm³/mol. The highest BCUT2D eigenvalue weighted by molar-refractivity contribution is 6.06. The maximum atomic E-state index is 13.1. The fourth-order valence-electron chi connectivity index (χ4n) is 4.83. The van der Waals surface area contributed by atoms with Gasteiger partial charge in [0.2, 0.25) is 11.8 Å². The topological polar surface area (TPSA) is 75.0 Å². The van der Waals surface area contributed by atoms with E-state index in [2.05, 4.69) is 10.2 Å². The second kappa shape index (κ2) is 9.37. The summed E-state index contributed by atoms with van der Waals surface area (Å²) in [6, 6.07) is 17.8. The van der Waals surface area contributed by atoms with E-state index < -0.39 is 0 Å². The smallest absolute Gasteiger partial charge is 0.227 e. The van der Waals surface area contributed by atoms with E-state index in [0.29, 0.717) is 26.3 Å². The first kappa shape index (κ1) is 21.7. The third-order valence-corrected chi connectivity index (χ3v) is 6.60. The molecule has 1 aromatic heterocycles. The molecule has 3 aromatic rings. The maximum absolute atomic E-state index is 13.1. The maximum Gasteiger partial charge on any atom is 0.227 e. The van der Waals surface area contributed by atoms with Gasteiger partial charge < -0.3 is 19.4 Å². The van der Waals surface area contributed by atoms with Crippen LogP contribution in [0.25, 0.3) is 10.8 Å². The zero-order chi connectivity index (χ0) is 22.8. The summed E-state index contributed by atoms with van der Waals surface area (Å²) in [5.41, 5.74) is 0.866. The molecule has 2 atom stereocenters. The number of fused-ring (bicyclic) bond motifs is 1. The molecule has 2 aliphatic rings. The van der Waals surface area contributed by atoms with Crippen molar-refractivity contribution in [2.24, 2.45) is 5.92 Å². The molecule has 7 nitrogen and oxygen atoms in total. The Hall–Kier alpha value is -3.16. The number of amides is 2. The van der Waals surface area contributed by atoms with Crippen molar-refractivity contribution in [3.63, 3.8) is 0 Å². The minimum atomic E-state index is -0.375. The first-order chi connectivity index (χ1) is 16.1. The third-order valence-electron chi connectivity index (χ3n) is 6.60. The lowest BCUT2D eigenvalue weighted by Gasteiger charge is -2.33. The van der Waals surface area contributed by atoms with Crippen LogP contribution in [-0.4, -0.2) is 56.1 Å². The van der Waals surface area contributed by atoms with Gasteiger partial charge >= 0.3 is 0 Å². The van der Waals surface area contributed by atoms with Crippen LogP contribution in [0, 0.1) is 12.8 Å². The Morgan fingerprint density at radius 2 is 1.88 bits per heavy atom. The minimum Gasteiger partial charge on any atom is -0.465 e.